The van der Waals surface area contributed by atoms with Crippen LogP contribution in [-0.2, 0) is 33.1 Å². The van der Waals surface area contributed by atoms with Crippen LogP contribution < -0.4 is 0 Å². The van der Waals surface area contributed by atoms with Crippen molar-refractivity contribution in [2.75, 3.05) is 20.3 Å². The third-order valence-electron chi connectivity index (χ3n) is 4.55. The zero-order valence-electron chi connectivity index (χ0n) is 16.5. The van der Waals surface area contributed by atoms with Gasteiger partial charge in [-0.2, -0.15) is 22.6 Å². The molecule has 1 aliphatic heterocycles. The number of carbonyl (C=O) groups is 1. The Morgan fingerprint density at radius 2 is 1.87 bits per heavy atom. The van der Waals surface area contributed by atoms with E-state index in [-0.39, 0.29) is 5.92 Å². The number of rotatable bonds is 4. The molecule has 0 saturated carbocycles. The highest BCUT2D eigenvalue weighted by Gasteiger charge is 2.38. The lowest BCUT2D eigenvalue weighted by Gasteiger charge is -2.32. The molecule has 2 heterocycles. The van der Waals surface area contributed by atoms with Gasteiger partial charge in [-0.05, 0) is 19.1 Å². The molecule has 0 fully saturated rings. The van der Waals surface area contributed by atoms with Crippen molar-refractivity contribution < 1.29 is 36.2 Å². The molecule has 166 valence electrons. The Hall–Kier alpha value is -2.44. The van der Waals surface area contributed by atoms with Crippen molar-refractivity contribution in [1.82, 2.24) is 14.1 Å². The summed E-state index contributed by atoms with van der Waals surface area (Å²) in [5.41, 5.74) is 3.03. The first-order chi connectivity index (χ1) is 13.9. The number of halogens is 3. The number of carboxylic acids is 1. The van der Waals surface area contributed by atoms with Crippen molar-refractivity contribution >= 4 is 16.0 Å². The first kappa shape index (κ1) is 23.8. The molecule has 1 atom stereocenters. The molecule has 30 heavy (non-hydrogen) atoms. The number of alkyl halides is 3. The third kappa shape index (κ3) is 5.37. The average molecular weight is 449 g/mol. The Bertz CT molecular complexity index is 987. The molecule has 12 heteroatoms. The van der Waals surface area contributed by atoms with E-state index >= 15 is 0 Å². The van der Waals surface area contributed by atoms with Gasteiger partial charge in [0.25, 0.3) is 0 Å². The van der Waals surface area contributed by atoms with E-state index in [2.05, 4.69) is 5.10 Å². The van der Waals surface area contributed by atoms with Gasteiger partial charge < -0.3 is 9.84 Å². The highest BCUT2D eigenvalue weighted by Crippen LogP contribution is 2.31. The molecule has 2 aromatic rings. The molecule has 1 unspecified atom stereocenters. The lowest BCUT2D eigenvalue weighted by atomic mass is 9.97. The van der Waals surface area contributed by atoms with Crippen LogP contribution in [0, 0.1) is 6.92 Å². The van der Waals surface area contributed by atoms with Gasteiger partial charge in [-0.1, -0.05) is 17.7 Å². The lowest BCUT2D eigenvalue weighted by Crippen LogP contribution is -2.39. The summed E-state index contributed by atoms with van der Waals surface area (Å²) in [6.45, 7) is 3.15. The molecule has 3 rings (SSSR count). The van der Waals surface area contributed by atoms with Crippen LogP contribution in [0.25, 0.3) is 0 Å². The van der Waals surface area contributed by atoms with Crippen molar-refractivity contribution in [3.63, 3.8) is 0 Å². The molecule has 0 radical (unpaired) electrons. The predicted octanol–water partition coefficient (Wildman–Crippen LogP) is 2.30. The molecule has 0 bridgehead atoms. The van der Waals surface area contributed by atoms with E-state index in [0.29, 0.717) is 24.6 Å². The van der Waals surface area contributed by atoms with Crippen molar-refractivity contribution in [2.45, 2.75) is 30.5 Å². The Balaban J connectivity index is 0.000000396. The minimum absolute atomic E-state index is 0.00215. The van der Waals surface area contributed by atoms with E-state index < -0.39 is 22.2 Å². The third-order valence-corrected chi connectivity index (χ3v) is 6.38. The number of sulfonamides is 1. The zero-order chi connectivity index (χ0) is 22.7. The molecule has 1 aromatic heterocycles. The molecule has 1 aliphatic rings. The quantitative estimate of drug-likeness (QED) is 0.769. The number of benzene rings is 1. The second-order valence-electron chi connectivity index (χ2n) is 6.74. The smallest absolute Gasteiger partial charge is 0.475 e. The van der Waals surface area contributed by atoms with Crippen LogP contribution in [0.5, 0.6) is 0 Å². The first-order valence-corrected chi connectivity index (χ1v) is 10.2. The lowest BCUT2D eigenvalue weighted by molar-refractivity contribution is -0.192. The van der Waals surface area contributed by atoms with Crippen LogP contribution in [0.1, 0.15) is 22.7 Å². The van der Waals surface area contributed by atoms with E-state index in [9.17, 15) is 21.6 Å². The van der Waals surface area contributed by atoms with Crippen molar-refractivity contribution in [2.24, 2.45) is 7.05 Å². The molecule has 0 saturated heterocycles. The summed E-state index contributed by atoms with van der Waals surface area (Å²) >= 11 is 0. The fourth-order valence-corrected chi connectivity index (χ4v) is 4.42. The number of aromatic nitrogens is 2. The molecule has 8 nitrogen and oxygen atoms in total. The minimum atomic E-state index is -5.08. The SMILES string of the molecule is COCC1CN(S(=O)(=O)c2ccc(C)cc2)Cc2c1cnn2C.O=C(O)C(F)(F)F. The predicted molar refractivity (Wildman–Crippen MR) is 100 cm³/mol. The summed E-state index contributed by atoms with van der Waals surface area (Å²) < 4.78 is 66.2. The van der Waals surface area contributed by atoms with Gasteiger partial charge in [-0.3, -0.25) is 4.68 Å². The van der Waals surface area contributed by atoms with E-state index in [0.717, 1.165) is 16.8 Å². The molecule has 1 aromatic carbocycles. The fraction of sp³-hybridized carbons (Fsp3) is 0.444. The normalized spacial score (nSPS) is 17.1. The number of carboxylic acid groups (broad SMARTS) is 1. The zero-order valence-corrected chi connectivity index (χ0v) is 17.4. The number of aliphatic carboxylic acids is 1. The largest absolute Gasteiger partial charge is 0.490 e. The average Bonchev–Trinajstić information content (AvgIpc) is 3.03. The molecule has 0 aliphatic carbocycles. The van der Waals surface area contributed by atoms with E-state index in [4.69, 9.17) is 14.6 Å². The van der Waals surface area contributed by atoms with Gasteiger partial charge in [0.1, 0.15) is 0 Å². The Labute approximate surface area is 171 Å². The van der Waals surface area contributed by atoms with E-state index in [1.807, 2.05) is 32.3 Å². The summed E-state index contributed by atoms with van der Waals surface area (Å²) in [6, 6.07) is 6.96. The number of aryl methyl sites for hydroxylation is 2. The van der Waals surface area contributed by atoms with Gasteiger partial charge in [-0.25, -0.2) is 13.2 Å². The number of methoxy groups -OCH3 is 1. The number of nitrogens with zero attached hydrogens (tertiary/aromatic N) is 3. The van der Waals surface area contributed by atoms with Crippen molar-refractivity contribution in [1.29, 1.82) is 0 Å². The van der Waals surface area contributed by atoms with Crippen LogP contribution in [0.2, 0.25) is 0 Å². The monoisotopic (exact) mass is 449 g/mol. The van der Waals surface area contributed by atoms with Crippen LogP contribution >= 0.6 is 0 Å². The van der Waals surface area contributed by atoms with Crippen LogP contribution in [-0.4, -0.2) is 60.0 Å². The highest BCUT2D eigenvalue weighted by atomic mass is 32.2. The molecule has 0 amide bonds. The van der Waals surface area contributed by atoms with Gasteiger partial charge in [0.05, 0.1) is 29.9 Å². The maximum absolute atomic E-state index is 12.9. The molecular weight excluding hydrogens is 427 g/mol. The van der Waals surface area contributed by atoms with Gasteiger partial charge in [0.2, 0.25) is 10.0 Å². The molecular formula is C18H22F3N3O5S. The Morgan fingerprint density at radius 3 is 2.37 bits per heavy atom. The van der Waals surface area contributed by atoms with Crippen LogP contribution in [0.15, 0.2) is 35.4 Å². The van der Waals surface area contributed by atoms with E-state index in [1.165, 1.54) is 4.31 Å². The van der Waals surface area contributed by atoms with E-state index in [1.54, 1.807) is 23.9 Å². The van der Waals surface area contributed by atoms with Gasteiger partial charge in [-0.15, -0.1) is 0 Å². The number of hydrogen-bond donors (Lipinski definition) is 1. The number of fused-ring (bicyclic) bond motifs is 1. The first-order valence-electron chi connectivity index (χ1n) is 8.74. The summed E-state index contributed by atoms with van der Waals surface area (Å²) in [6.07, 6.45) is -3.27. The summed E-state index contributed by atoms with van der Waals surface area (Å²) in [5.74, 6) is -2.76. The second kappa shape index (κ2) is 9.14. The molecule has 0 spiro atoms. The minimum Gasteiger partial charge on any atom is -0.475 e. The summed E-state index contributed by atoms with van der Waals surface area (Å²) in [5, 5.41) is 11.4. The number of hydrogen-bond acceptors (Lipinski definition) is 5. The number of ether oxygens (including phenoxy) is 1. The van der Waals surface area contributed by atoms with Gasteiger partial charge in [0.15, 0.2) is 0 Å². The molecule has 1 N–H and O–H groups in total. The van der Waals surface area contributed by atoms with Gasteiger partial charge in [0, 0.05) is 32.2 Å². The maximum atomic E-state index is 12.9. The second-order valence-corrected chi connectivity index (χ2v) is 8.67. The van der Waals surface area contributed by atoms with Crippen molar-refractivity contribution in [3.05, 3.63) is 47.3 Å². The van der Waals surface area contributed by atoms with Gasteiger partial charge >= 0.3 is 12.1 Å². The maximum Gasteiger partial charge on any atom is 0.490 e. The standard InChI is InChI=1S/C16H21N3O3S.C2HF3O2/c1-12-4-6-14(7-5-12)23(20,21)19-9-13(11-22-3)15-8-17-18(2)16(15)10-19;3-2(4,5)1(6)7/h4-8,13H,9-11H2,1-3H3;(H,6,7). The van der Waals surface area contributed by atoms with Crippen molar-refractivity contribution in [3.8, 4) is 0 Å². The topological polar surface area (TPSA) is 102 Å². The van der Waals surface area contributed by atoms with Crippen LogP contribution in [0.4, 0.5) is 13.2 Å². The highest BCUT2D eigenvalue weighted by molar-refractivity contribution is 7.89. The fourth-order valence-electron chi connectivity index (χ4n) is 2.98. The summed E-state index contributed by atoms with van der Waals surface area (Å²) in [4.78, 5) is 9.22. The summed E-state index contributed by atoms with van der Waals surface area (Å²) in [7, 11) is -0.0643. The van der Waals surface area contributed by atoms with Crippen LogP contribution in [0.3, 0.4) is 0 Å². The Morgan fingerprint density at radius 1 is 1.30 bits per heavy atom. The Kier molecular flexibility index (Phi) is 7.27.